The summed E-state index contributed by atoms with van der Waals surface area (Å²) in [7, 11) is 0. The number of aromatic nitrogens is 6. The van der Waals surface area contributed by atoms with E-state index in [0.29, 0.717) is 11.6 Å². The zero-order chi connectivity index (χ0) is 10.8. The highest BCUT2D eigenvalue weighted by Crippen LogP contribution is 2.20. The van der Waals surface area contributed by atoms with Crippen molar-refractivity contribution in [2.24, 2.45) is 0 Å². The molecule has 0 saturated heterocycles. The fourth-order valence-electron chi connectivity index (χ4n) is 1.43. The van der Waals surface area contributed by atoms with E-state index in [0.717, 1.165) is 11.1 Å². The van der Waals surface area contributed by atoms with Crippen LogP contribution in [-0.4, -0.2) is 30.4 Å². The average molecular weight is 211 g/mol. The molecule has 0 atom stereocenters. The van der Waals surface area contributed by atoms with Gasteiger partial charge in [0.15, 0.2) is 11.6 Å². The summed E-state index contributed by atoms with van der Waals surface area (Å²) in [5, 5.41) is 13.3. The number of nitrogens with one attached hydrogen (secondary N) is 2. The Morgan fingerprint density at radius 2 is 1.44 bits per heavy atom. The predicted molar refractivity (Wildman–Crippen MR) is 56.0 cm³/mol. The molecule has 3 aromatic rings. The number of H-pyrrole nitrogens is 2. The first-order chi connectivity index (χ1) is 7.93. The summed E-state index contributed by atoms with van der Waals surface area (Å²) < 4.78 is 0. The average Bonchev–Trinajstić information content (AvgIpc) is 3.03. The summed E-state index contributed by atoms with van der Waals surface area (Å²) in [4.78, 5) is 8.15. The van der Waals surface area contributed by atoms with Gasteiger partial charge in [-0.25, -0.2) is 9.97 Å². The van der Waals surface area contributed by atoms with Crippen molar-refractivity contribution in [3.8, 4) is 22.8 Å². The van der Waals surface area contributed by atoms with Crippen LogP contribution in [-0.2, 0) is 0 Å². The molecular formula is C10H7N6. The molecule has 6 nitrogen and oxygen atoms in total. The fourth-order valence-corrected chi connectivity index (χ4v) is 1.43. The van der Waals surface area contributed by atoms with Crippen molar-refractivity contribution in [2.75, 3.05) is 0 Å². The third kappa shape index (κ3) is 1.46. The van der Waals surface area contributed by atoms with Crippen LogP contribution in [0.1, 0.15) is 0 Å². The number of hydrogen-bond donors (Lipinski definition) is 2. The SMILES string of the molecule is [c]1cc(-c2nc[nH]n2)cc(-c2nc[nH]n2)c1. The van der Waals surface area contributed by atoms with Crippen LogP contribution in [0.2, 0.25) is 0 Å². The van der Waals surface area contributed by atoms with E-state index in [-0.39, 0.29) is 0 Å². The Kier molecular flexibility index (Phi) is 1.96. The first-order valence-electron chi connectivity index (χ1n) is 4.67. The lowest BCUT2D eigenvalue weighted by molar-refractivity contribution is 1.09. The summed E-state index contributed by atoms with van der Waals surface area (Å²) in [5.74, 6) is 1.27. The Hall–Kier alpha value is -2.50. The molecule has 2 heterocycles. The minimum absolute atomic E-state index is 0.633. The molecule has 1 aromatic carbocycles. The lowest BCUT2D eigenvalue weighted by Gasteiger charge is -1.97. The van der Waals surface area contributed by atoms with Crippen molar-refractivity contribution in [3.63, 3.8) is 0 Å². The van der Waals surface area contributed by atoms with Crippen molar-refractivity contribution >= 4 is 0 Å². The van der Waals surface area contributed by atoms with Crippen LogP contribution in [0.4, 0.5) is 0 Å². The van der Waals surface area contributed by atoms with Crippen molar-refractivity contribution < 1.29 is 0 Å². The quantitative estimate of drug-likeness (QED) is 0.663. The molecule has 0 aliphatic rings. The van der Waals surface area contributed by atoms with Gasteiger partial charge in [-0.3, -0.25) is 10.2 Å². The molecule has 0 spiro atoms. The van der Waals surface area contributed by atoms with Crippen LogP contribution in [0, 0.1) is 6.07 Å². The molecule has 2 N–H and O–H groups in total. The Balaban J connectivity index is 2.07. The van der Waals surface area contributed by atoms with Crippen molar-refractivity contribution in [1.82, 2.24) is 30.4 Å². The van der Waals surface area contributed by atoms with E-state index in [1.165, 1.54) is 12.7 Å². The maximum atomic E-state index is 4.07. The third-order valence-corrected chi connectivity index (χ3v) is 2.14. The molecular weight excluding hydrogens is 204 g/mol. The number of rotatable bonds is 2. The summed E-state index contributed by atoms with van der Waals surface area (Å²) in [6.45, 7) is 0. The first-order valence-corrected chi connectivity index (χ1v) is 4.67. The van der Waals surface area contributed by atoms with Gasteiger partial charge in [-0.2, -0.15) is 10.2 Å². The summed E-state index contributed by atoms with van der Waals surface area (Å²) >= 11 is 0. The molecule has 77 valence electrons. The number of hydrogen-bond acceptors (Lipinski definition) is 4. The van der Waals surface area contributed by atoms with Crippen LogP contribution < -0.4 is 0 Å². The van der Waals surface area contributed by atoms with Crippen LogP contribution in [0.25, 0.3) is 22.8 Å². The second-order valence-corrected chi connectivity index (χ2v) is 3.16. The maximum absolute atomic E-state index is 4.07. The van der Waals surface area contributed by atoms with Gasteiger partial charge in [0.1, 0.15) is 12.7 Å². The molecule has 0 saturated carbocycles. The van der Waals surface area contributed by atoms with E-state index in [4.69, 9.17) is 0 Å². The van der Waals surface area contributed by atoms with Gasteiger partial charge in [0.05, 0.1) is 0 Å². The van der Waals surface area contributed by atoms with E-state index in [9.17, 15) is 0 Å². The van der Waals surface area contributed by atoms with Gasteiger partial charge in [0.2, 0.25) is 0 Å². The van der Waals surface area contributed by atoms with Gasteiger partial charge >= 0.3 is 0 Å². The minimum atomic E-state index is 0.633. The normalized spacial score (nSPS) is 10.5. The number of benzene rings is 1. The van der Waals surface area contributed by atoms with E-state index >= 15 is 0 Å². The Bertz CT molecular complexity index is 520. The molecule has 0 fully saturated rings. The molecule has 6 heteroatoms. The van der Waals surface area contributed by atoms with E-state index in [1.54, 1.807) is 0 Å². The van der Waals surface area contributed by atoms with Gasteiger partial charge in [-0.15, -0.1) is 0 Å². The monoisotopic (exact) mass is 211 g/mol. The van der Waals surface area contributed by atoms with Gasteiger partial charge in [-0.1, -0.05) is 0 Å². The molecule has 0 aliphatic heterocycles. The molecule has 0 amide bonds. The lowest BCUT2D eigenvalue weighted by atomic mass is 10.1. The second kappa shape index (κ2) is 3.58. The van der Waals surface area contributed by atoms with Crippen LogP contribution in [0.5, 0.6) is 0 Å². The topological polar surface area (TPSA) is 83.1 Å². The fraction of sp³-hybridized carbons (Fsp3) is 0. The van der Waals surface area contributed by atoms with Crippen LogP contribution in [0.3, 0.4) is 0 Å². The van der Waals surface area contributed by atoms with E-state index < -0.39 is 0 Å². The molecule has 0 unspecified atom stereocenters. The highest BCUT2D eigenvalue weighted by Gasteiger charge is 2.05. The summed E-state index contributed by atoms with van der Waals surface area (Å²) in [6, 6.07) is 8.58. The molecule has 0 aliphatic carbocycles. The van der Waals surface area contributed by atoms with Gasteiger partial charge in [0.25, 0.3) is 0 Å². The second-order valence-electron chi connectivity index (χ2n) is 3.16. The zero-order valence-electron chi connectivity index (χ0n) is 8.18. The Morgan fingerprint density at radius 1 is 0.875 bits per heavy atom. The first kappa shape index (κ1) is 8.78. The van der Waals surface area contributed by atoms with Gasteiger partial charge < -0.3 is 0 Å². The maximum Gasteiger partial charge on any atom is 0.180 e. The molecule has 1 radical (unpaired) electrons. The summed E-state index contributed by atoms with van der Waals surface area (Å²) in [5.41, 5.74) is 1.76. The minimum Gasteiger partial charge on any atom is -0.265 e. The lowest BCUT2D eigenvalue weighted by Crippen LogP contribution is -1.85. The predicted octanol–water partition coefficient (Wildman–Crippen LogP) is 1.06. The molecule has 3 rings (SSSR count). The van der Waals surface area contributed by atoms with Gasteiger partial charge in [-0.05, 0) is 24.3 Å². The van der Waals surface area contributed by atoms with Crippen LogP contribution >= 0.6 is 0 Å². The number of aromatic amines is 2. The largest absolute Gasteiger partial charge is 0.265 e. The summed E-state index contributed by atoms with van der Waals surface area (Å²) in [6.07, 6.45) is 3.07. The smallest absolute Gasteiger partial charge is 0.180 e. The zero-order valence-corrected chi connectivity index (χ0v) is 8.18. The Labute approximate surface area is 90.8 Å². The molecule has 16 heavy (non-hydrogen) atoms. The van der Waals surface area contributed by atoms with Crippen molar-refractivity contribution in [1.29, 1.82) is 0 Å². The third-order valence-electron chi connectivity index (χ3n) is 2.14. The van der Waals surface area contributed by atoms with E-state index in [2.05, 4.69) is 36.4 Å². The molecule has 0 bridgehead atoms. The Morgan fingerprint density at radius 3 is 1.88 bits per heavy atom. The van der Waals surface area contributed by atoms with E-state index in [1.807, 2.05) is 18.2 Å². The number of nitrogens with zero attached hydrogens (tertiary/aromatic N) is 4. The van der Waals surface area contributed by atoms with Gasteiger partial charge in [0, 0.05) is 11.1 Å². The standard InChI is InChI=1S/C10H7N6/c1-2-7(9-11-5-13-15-9)4-8(3-1)10-12-6-14-16-10/h2-6H,(H,11,13,15)(H,12,14,16). The van der Waals surface area contributed by atoms with Crippen LogP contribution in [0.15, 0.2) is 30.9 Å². The van der Waals surface area contributed by atoms with Crippen molar-refractivity contribution in [3.05, 3.63) is 36.9 Å². The highest BCUT2D eigenvalue weighted by atomic mass is 15.2. The highest BCUT2D eigenvalue weighted by molar-refractivity contribution is 5.65. The van der Waals surface area contributed by atoms with Crippen molar-refractivity contribution in [2.45, 2.75) is 0 Å². The molecule has 2 aromatic heterocycles.